The highest BCUT2D eigenvalue weighted by Gasteiger charge is 2.42. The van der Waals surface area contributed by atoms with Gasteiger partial charge in [0.25, 0.3) is 5.91 Å². The molecule has 0 bridgehead atoms. The van der Waals surface area contributed by atoms with Crippen molar-refractivity contribution >= 4 is 44.7 Å². The van der Waals surface area contributed by atoms with E-state index in [-0.39, 0.29) is 29.8 Å². The number of unbranched alkanes of at least 4 members (excludes halogenated alkanes) is 1. The van der Waals surface area contributed by atoms with E-state index in [9.17, 15) is 32.4 Å². The molecule has 1 aromatic heterocycles. The summed E-state index contributed by atoms with van der Waals surface area (Å²) in [6.07, 6.45) is 9.30. The number of carbonyl (C=O) groups is 4. The van der Waals surface area contributed by atoms with E-state index in [1.165, 1.54) is 18.1 Å². The first-order valence-corrected chi connectivity index (χ1v) is 21.7. The molecule has 3 heterocycles. The van der Waals surface area contributed by atoms with Crippen molar-refractivity contribution in [1.29, 1.82) is 0 Å². The predicted octanol–water partition coefficient (Wildman–Crippen LogP) is 4.45. The fourth-order valence-electron chi connectivity index (χ4n) is 7.70. The Morgan fingerprint density at radius 3 is 2.36 bits per heavy atom. The van der Waals surface area contributed by atoms with Gasteiger partial charge in [0.1, 0.15) is 23.9 Å². The van der Waals surface area contributed by atoms with Gasteiger partial charge < -0.3 is 34.7 Å². The van der Waals surface area contributed by atoms with E-state index in [1.54, 1.807) is 7.11 Å². The molecule has 0 spiro atoms. The lowest BCUT2D eigenvalue weighted by Gasteiger charge is -2.29. The Morgan fingerprint density at radius 2 is 1.66 bits per heavy atom. The van der Waals surface area contributed by atoms with Crippen LogP contribution in [0, 0.1) is 11.8 Å². The van der Waals surface area contributed by atoms with E-state index >= 15 is 0 Å². The number of hydrogen-bond donors (Lipinski definition) is 4. The quantitative estimate of drug-likeness (QED) is 0.210. The first kappa shape index (κ1) is 42.8. The lowest BCUT2D eigenvalue weighted by molar-refractivity contribution is -0.141. The van der Waals surface area contributed by atoms with E-state index in [4.69, 9.17) is 14.2 Å². The molecule has 4 N–H and O–H groups in total. The highest BCUT2D eigenvalue weighted by Crippen LogP contribution is 2.29. The number of ether oxygens (including phenoxy) is 3. The zero-order valence-electron chi connectivity index (χ0n) is 33.2. The monoisotopic (exact) mass is 801 g/mol. The summed E-state index contributed by atoms with van der Waals surface area (Å²) >= 11 is 0. The van der Waals surface area contributed by atoms with E-state index in [0.29, 0.717) is 80.4 Å². The summed E-state index contributed by atoms with van der Waals surface area (Å²) < 4.78 is 43.6. The number of methoxy groups -OCH3 is 2. The van der Waals surface area contributed by atoms with Crippen molar-refractivity contribution < 1.29 is 41.8 Å². The Morgan fingerprint density at radius 1 is 0.946 bits per heavy atom. The summed E-state index contributed by atoms with van der Waals surface area (Å²) in [7, 11) is -0.704. The smallest absolute Gasteiger partial charge is 0.407 e. The lowest BCUT2D eigenvalue weighted by atomic mass is 10.00. The number of rotatable bonds is 13. The largest absolute Gasteiger partial charge is 0.496 e. The van der Waals surface area contributed by atoms with E-state index in [0.717, 1.165) is 50.5 Å². The molecule has 3 fully saturated rings. The molecule has 2 aliphatic heterocycles. The van der Waals surface area contributed by atoms with Crippen molar-refractivity contribution in [3.8, 4) is 11.6 Å². The fraction of sp³-hybridized carbons (Fsp3) is 0.675. The molecular formula is C40H59N5O10S. The molecule has 5 atom stereocenters. The summed E-state index contributed by atoms with van der Waals surface area (Å²) in [4.78, 5) is 71.2. The van der Waals surface area contributed by atoms with Gasteiger partial charge in [0.2, 0.25) is 21.8 Å². The van der Waals surface area contributed by atoms with Crippen molar-refractivity contribution in [3.63, 3.8) is 0 Å². The second-order valence-corrected chi connectivity index (χ2v) is 17.8. The summed E-state index contributed by atoms with van der Waals surface area (Å²) in [6, 6.07) is 2.29. The molecule has 3 aliphatic rings. The molecule has 15 nitrogen and oxygen atoms in total. The van der Waals surface area contributed by atoms with E-state index in [2.05, 4.69) is 20.3 Å². The molecule has 1 aromatic carbocycles. The van der Waals surface area contributed by atoms with Crippen molar-refractivity contribution in [2.75, 3.05) is 27.4 Å². The number of H-pyrrole nitrogens is 1. The maximum atomic E-state index is 14.1. The third-order valence-corrected chi connectivity index (χ3v) is 12.9. The molecule has 56 heavy (non-hydrogen) atoms. The second-order valence-electron chi connectivity index (χ2n) is 15.9. The minimum absolute atomic E-state index is 0.00125. The van der Waals surface area contributed by atoms with Gasteiger partial charge in [-0.15, -0.1) is 0 Å². The predicted molar refractivity (Wildman–Crippen MR) is 211 cm³/mol. The number of aromatic amines is 1. The third kappa shape index (κ3) is 11.6. The Balaban J connectivity index is 1.14. The van der Waals surface area contributed by atoms with Gasteiger partial charge >= 0.3 is 6.09 Å². The Bertz CT molecular complexity index is 1880. The molecule has 5 rings (SSSR count). The van der Waals surface area contributed by atoms with Gasteiger partial charge in [0.15, 0.2) is 11.3 Å². The normalized spacial score (nSPS) is 23.2. The average molecular weight is 802 g/mol. The van der Waals surface area contributed by atoms with Crippen molar-refractivity contribution in [2.45, 2.75) is 134 Å². The minimum Gasteiger partial charge on any atom is -0.496 e. The summed E-state index contributed by atoms with van der Waals surface area (Å²) in [6.45, 7) is 4.41. The van der Waals surface area contributed by atoms with E-state index in [1.807, 2.05) is 26.0 Å². The number of sulfonamides is 1. The minimum atomic E-state index is -3.80. The van der Waals surface area contributed by atoms with Gasteiger partial charge in [-0.3, -0.25) is 23.9 Å². The molecule has 2 unspecified atom stereocenters. The number of hydrogen-bond acceptors (Lipinski definition) is 10. The summed E-state index contributed by atoms with van der Waals surface area (Å²) in [5.41, 5.74) is 1.43. The standard InChI is InChI=1S/C40H59N5O10S/c1-25(13-11-12-14-27-20-29-32(21-35(27)53-3)41-36(54-4)22-34(29)46)24-55-40(50)43-31-16-10-8-6-5-7-9-15-30(37(47)44-56(51,52)28-17-18-28)42-38(48)33-19-26(2)23-45(33)39(31)49/h20-22,25-26,28,30-31,33H,5-19,23-24H2,1-4H3,(H,41,46)(H,42,48)(H,43,50)(H,44,47)/t25-,26?,30?,31+,33+/m1/s1. The number of aromatic nitrogens is 1. The molecule has 2 saturated heterocycles. The zero-order valence-corrected chi connectivity index (χ0v) is 34.0. The third-order valence-electron chi connectivity index (χ3n) is 11.1. The van der Waals surface area contributed by atoms with Crippen LogP contribution in [0.4, 0.5) is 4.79 Å². The molecule has 4 amide bonds. The number of fused-ring (bicyclic) bond motifs is 2. The SMILES string of the molecule is COc1cc(=O)c2cc(CCCC[C@@H](C)COC(=O)N[C@H]3CCCCCCCCC(C(=O)NS(=O)(=O)C4CC4)NC(=O)[C@@H]4CC(C)CN4C3=O)c(OC)cc2[nH]1. The van der Waals surface area contributed by atoms with Crippen LogP contribution in [-0.4, -0.2) is 92.9 Å². The number of nitrogens with one attached hydrogen (secondary N) is 4. The number of pyridine rings is 1. The van der Waals surface area contributed by atoms with Crippen LogP contribution < -0.4 is 30.3 Å². The Labute approximate surface area is 329 Å². The Hall–Kier alpha value is -4.34. The topological polar surface area (TPSA) is 202 Å². The van der Waals surface area contributed by atoms with Gasteiger partial charge in [-0.2, -0.15) is 0 Å². The number of benzene rings is 1. The van der Waals surface area contributed by atoms with Crippen molar-refractivity contribution in [1.82, 2.24) is 25.2 Å². The van der Waals surface area contributed by atoms with Gasteiger partial charge in [-0.05, 0) is 74.8 Å². The molecule has 1 saturated carbocycles. The molecule has 1 aliphatic carbocycles. The fourth-order valence-corrected chi connectivity index (χ4v) is 9.04. The van der Waals surface area contributed by atoms with Crippen LogP contribution in [-0.2, 0) is 35.6 Å². The van der Waals surface area contributed by atoms with Crippen LogP contribution >= 0.6 is 0 Å². The van der Waals surface area contributed by atoms with Crippen LogP contribution in [0.3, 0.4) is 0 Å². The highest BCUT2D eigenvalue weighted by atomic mass is 32.2. The molecule has 0 radical (unpaired) electrons. The van der Waals surface area contributed by atoms with E-state index < -0.39 is 51.3 Å². The van der Waals surface area contributed by atoms with Crippen LogP contribution in [0.1, 0.15) is 109 Å². The summed E-state index contributed by atoms with van der Waals surface area (Å²) in [5.74, 6) is -0.527. The molecular weight excluding hydrogens is 743 g/mol. The number of amides is 4. The van der Waals surface area contributed by atoms with Crippen LogP contribution in [0.25, 0.3) is 10.9 Å². The van der Waals surface area contributed by atoms with Crippen molar-refractivity contribution in [2.24, 2.45) is 11.8 Å². The van der Waals surface area contributed by atoms with Gasteiger partial charge in [-0.25, -0.2) is 13.2 Å². The second kappa shape index (κ2) is 19.7. The summed E-state index contributed by atoms with van der Waals surface area (Å²) in [5, 5.41) is 5.55. The first-order valence-electron chi connectivity index (χ1n) is 20.2. The number of nitrogens with zero attached hydrogens (tertiary/aromatic N) is 1. The van der Waals surface area contributed by atoms with Crippen LogP contribution in [0.2, 0.25) is 0 Å². The Kier molecular flexibility index (Phi) is 15.0. The van der Waals surface area contributed by atoms with Gasteiger partial charge in [0, 0.05) is 24.1 Å². The van der Waals surface area contributed by atoms with Crippen molar-refractivity contribution in [3.05, 3.63) is 34.0 Å². The van der Waals surface area contributed by atoms with Crippen LogP contribution in [0.15, 0.2) is 23.0 Å². The van der Waals surface area contributed by atoms with Crippen LogP contribution in [0.5, 0.6) is 11.6 Å². The average Bonchev–Trinajstić information content (AvgIpc) is 3.96. The maximum Gasteiger partial charge on any atom is 0.407 e. The molecule has 2 aromatic rings. The molecule has 310 valence electrons. The highest BCUT2D eigenvalue weighted by molar-refractivity contribution is 7.90. The van der Waals surface area contributed by atoms with Gasteiger partial charge in [0.05, 0.1) is 31.6 Å². The number of aryl methyl sites for hydroxylation is 1. The first-order chi connectivity index (χ1) is 26.8. The zero-order chi connectivity index (χ0) is 40.4. The molecule has 16 heteroatoms. The maximum absolute atomic E-state index is 14.1. The van der Waals surface area contributed by atoms with Gasteiger partial charge in [-0.1, -0.05) is 58.8 Å². The number of alkyl carbamates (subject to hydrolysis) is 1. The number of carbonyl (C=O) groups excluding carboxylic acids is 4. The lowest BCUT2D eigenvalue weighted by Crippen LogP contribution is -2.56.